The SMILES string of the molecule is CN=C(NCc1ccc(C)cc1OCCOC)NCc1ccccc1OCC(F)(F)F.I. The molecule has 0 aliphatic rings. The number of rotatable bonds is 10. The molecule has 2 rings (SSSR count). The van der Waals surface area contributed by atoms with E-state index in [9.17, 15) is 13.2 Å². The van der Waals surface area contributed by atoms with Crippen molar-refractivity contribution in [3.8, 4) is 11.5 Å². The molecule has 0 radical (unpaired) electrons. The summed E-state index contributed by atoms with van der Waals surface area (Å²) in [6.07, 6.45) is -4.39. The first-order chi connectivity index (χ1) is 14.8. The van der Waals surface area contributed by atoms with Gasteiger partial charge in [-0.25, -0.2) is 0 Å². The highest BCUT2D eigenvalue weighted by Gasteiger charge is 2.28. The van der Waals surface area contributed by atoms with E-state index in [-0.39, 0.29) is 36.3 Å². The lowest BCUT2D eigenvalue weighted by Crippen LogP contribution is -2.36. The number of aryl methyl sites for hydroxylation is 1. The van der Waals surface area contributed by atoms with Crippen molar-refractivity contribution in [2.45, 2.75) is 26.2 Å². The van der Waals surface area contributed by atoms with Gasteiger partial charge in [0.15, 0.2) is 12.6 Å². The van der Waals surface area contributed by atoms with E-state index in [4.69, 9.17) is 14.2 Å². The van der Waals surface area contributed by atoms with Gasteiger partial charge in [-0.3, -0.25) is 4.99 Å². The second-order valence-electron chi connectivity index (χ2n) is 6.74. The number of aliphatic imine (C=N–C) groups is 1. The molecule has 0 fully saturated rings. The average Bonchev–Trinajstić information content (AvgIpc) is 2.73. The number of benzene rings is 2. The van der Waals surface area contributed by atoms with Crippen LogP contribution in [0.25, 0.3) is 0 Å². The molecule has 0 unspecified atom stereocenters. The quantitative estimate of drug-likeness (QED) is 0.193. The van der Waals surface area contributed by atoms with Crippen molar-refractivity contribution >= 4 is 29.9 Å². The maximum Gasteiger partial charge on any atom is 0.422 e. The van der Waals surface area contributed by atoms with Gasteiger partial charge in [-0.1, -0.05) is 30.3 Å². The van der Waals surface area contributed by atoms with E-state index in [2.05, 4.69) is 15.6 Å². The largest absolute Gasteiger partial charge is 0.491 e. The maximum absolute atomic E-state index is 12.5. The lowest BCUT2D eigenvalue weighted by atomic mass is 10.1. The number of nitrogens with one attached hydrogen (secondary N) is 2. The topological polar surface area (TPSA) is 64.1 Å². The summed E-state index contributed by atoms with van der Waals surface area (Å²) in [5, 5.41) is 6.28. The molecular weight excluding hydrogens is 538 g/mol. The van der Waals surface area contributed by atoms with E-state index in [1.54, 1.807) is 32.4 Å². The van der Waals surface area contributed by atoms with Crippen LogP contribution in [0.5, 0.6) is 11.5 Å². The number of guanidine groups is 1. The van der Waals surface area contributed by atoms with Crippen molar-refractivity contribution in [2.75, 3.05) is 34.0 Å². The molecule has 2 aromatic carbocycles. The van der Waals surface area contributed by atoms with E-state index in [0.717, 1.165) is 16.9 Å². The molecule has 178 valence electrons. The Bertz CT molecular complexity index is 864. The Kier molecular flexibility index (Phi) is 12.2. The Morgan fingerprint density at radius 2 is 1.59 bits per heavy atom. The minimum absolute atomic E-state index is 0. The molecule has 6 nitrogen and oxygen atoms in total. The summed E-state index contributed by atoms with van der Waals surface area (Å²) in [4.78, 5) is 4.17. The van der Waals surface area contributed by atoms with E-state index in [1.165, 1.54) is 6.07 Å². The highest BCUT2D eigenvalue weighted by molar-refractivity contribution is 14.0. The number of hydrogen-bond acceptors (Lipinski definition) is 4. The molecule has 0 aliphatic carbocycles. The van der Waals surface area contributed by atoms with Crippen LogP contribution in [0.3, 0.4) is 0 Å². The Morgan fingerprint density at radius 3 is 2.22 bits per heavy atom. The van der Waals surface area contributed by atoms with Crippen molar-refractivity contribution in [1.82, 2.24) is 10.6 Å². The normalized spacial score (nSPS) is 11.5. The number of para-hydroxylation sites is 1. The van der Waals surface area contributed by atoms with Gasteiger partial charge < -0.3 is 24.8 Å². The molecule has 2 N–H and O–H groups in total. The third-order valence-electron chi connectivity index (χ3n) is 4.25. The molecule has 0 amide bonds. The van der Waals surface area contributed by atoms with Crippen LogP contribution in [-0.2, 0) is 17.8 Å². The molecule has 0 spiro atoms. The monoisotopic (exact) mass is 567 g/mol. The minimum Gasteiger partial charge on any atom is -0.491 e. The summed E-state index contributed by atoms with van der Waals surface area (Å²) in [5.41, 5.74) is 2.61. The van der Waals surface area contributed by atoms with E-state index < -0.39 is 12.8 Å². The van der Waals surface area contributed by atoms with Gasteiger partial charge in [-0.2, -0.15) is 13.2 Å². The van der Waals surface area contributed by atoms with Crippen LogP contribution in [0.1, 0.15) is 16.7 Å². The van der Waals surface area contributed by atoms with Crippen LogP contribution >= 0.6 is 24.0 Å². The van der Waals surface area contributed by atoms with Crippen LogP contribution in [0.2, 0.25) is 0 Å². The first-order valence-corrected chi connectivity index (χ1v) is 9.75. The zero-order valence-corrected chi connectivity index (χ0v) is 20.6. The van der Waals surface area contributed by atoms with Crippen LogP contribution in [0.4, 0.5) is 13.2 Å². The summed E-state index contributed by atoms with van der Waals surface area (Å²) < 4.78 is 53.2. The summed E-state index contributed by atoms with van der Waals surface area (Å²) >= 11 is 0. The Hall–Kier alpha value is -2.21. The van der Waals surface area contributed by atoms with Crippen LogP contribution in [0, 0.1) is 6.92 Å². The maximum atomic E-state index is 12.5. The van der Waals surface area contributed by atoms with Crippen molar-refractivity contribution in [3.05, 3.63) is 59.2 Å². The van der Waals surface area contributed by atoms with Gasteiger partial charge >= 0.3 is 6.18 Å². The Labute approximate surface area is 203 Å². The first-order valence-electron chi connectivity index (χ1n) is 9.75. The number of alkyl halides is 3. The molecule has 0 bridgehead atoms. The van der Waals surface area contributed by atoms with Crippen LogP contribution in [0.15, 0.2) is 47.5 Å². The molecule has 0 aromatic heterocycles. The van der Waals surface area contributed by atoms with Crippen molar-refractivity contribution in [3.63, 3.8) is 0 Å². The number of halogens is 4. The molecule has 10 heteroatoms. The second kappa shape index (κ2) is 14.0. The van der Waals surface area contributed by atoms with Gasteiger partial charge in [-0.05, 0) is 24.6 Å². The zero-order valence-electron chi connectivity index (χ0n) is 18.3. The summed E-state index contributed by atoms with van der Waals surface area (Å²) in [5.74, 6) is 1.43. The highest BCUT2D eigenvalue weighted by Crippen LogP contribution is 2.22. The number of nitrogens with zero attached hydrogens (tertiary/aromatic N) is 1. The lowest BCUT2D eigenvalue weighted by Gasteiger charge is -2.17. The predicted molar refractivity (Wildman–Crippen MR) is 129 cm³/mol. The standard InChI is InChI=1S/C22H28F3N3O3.HI/c1-16-8-9-18(20(12-16)30-11-10-29-3)14-28-21(26-2)27-13-17-6-4-5-7-19(17)31-15-22(23,24)25;/h4-9,12H,10-11,13-15H2,1-3H3,(H2,26,27,28);1H. The zero-order chi connectivity index (χ0) is 22.7. The molecule has 0 aliphatic heterocycles. The van der Waals surface area contributed by atoms with Gasteiger partial charge in [0.2, 0.25) is 0 Å². The highest BCUT2D eigenvalue weighted by atomic mass is 127. The number of ether oxygens (including phenoxy) is 3. The summed E-state index contributed by atoms with van der Waals surface area (Å²) in [7, 11) is 3.23. The van der Waals surface area contributed by atoms with Crippen molar-refractivity contribution in [1.29, 1.82) is 0 Å². The lowest BCUT2D eigenvalue weighted by molar-refractivity contribution is -0.153. The summed E-state index contributed by atoms with van der Waals surface area (Å²) in [6.45, 7) is 2.28. The summed E-state index contributed by atoms with van der Waals surface area (Å²) in [6, 6.07) is 12.5. The average molecular weight is 567 g/mol. The van der Waals surface area contributed by atoms with E-state index in [0.29, 0.717) is 31.3 Å². The fourth-order valence-electron chi connectivity index (χ4n) is 2.71. The predicted octanol–water partition coefficient (Wildman–Crippen LogP) is 4.44. The van der Waals surface area contributed by atoms with Gasteiger partial charge in [0.25, 0.3) is 0 Å². The number of hydrogen-bond donors (Lipinski definition) is 2. The third-order valence-corrected chi connectivity index (χ3v) is 4.25. The van der Waals surface area contributed by atoms with Gasteiger partial charge in [-0.15, -0.1) is 24.0 Å². The van der Waals surface area contributed by atoms with Crippen molar-refractivity contribution in [2.24, 2.45) is 4.99 Å². The van der Waals surface area contributed by atoms with E-state index >= 15 is 0 Å². The van der Waals surface area contributed by atoms with Crippen molar-refractivity contribution < 1.29 is 27.4 Å². The smallest absolute Gasteiger partial charge is 0.422 e. The second-order valence-corrected chi connectivity index (χ2v) is 6.74. The van der Waals surface area contributed by atoms with Gasteiger partial charge in [0.1, 0.15) is 18.1 Å². The van der Waals surface area contributed by atoms with Gasteiger partial charge in [0, 0.05) is 38.4 Å². The Balaban J connectivity index is 0.00000512. The molecule has 0 saturated carbocycles. The fourth-order valence-corrected chi connectivity index (χ4v) is 2.71. The molecule has 32 heavy (non-hydrogen) atoms. The minimum atomic E-state index is -4.39. The van der Waals surface area contributed by atoms with E-state index in [1.807, 2.05) is 25.1 Å². The first kappa shape index (κ1) is 27.8. The van der Waals surface area contributed by atoms with Gasteiger partial charge in [0.05, 0.1) is 6.61 Å². The third kappa shape index (κ3) is 9.94. The number of methoxy groups -OCH3 is 1. The molecule has 0 saturated heterocycles. The van der Waals surface area contributed by atoms with Crippen LogP contribution in [-0.4, -0.2) is 46.1 Å². The molecule has 0 atom stereocenters. The molecule has 0 heterocycles. The Morgan fingerprint density at radius 1 is 0.938 bits per heavy atom. The fraction of sp³-hybridized carbons (Fsp3) is 0.409. The molecular formula is C22H29F3IN3O3. The van der Waals surface area contributed by atoms with Crippen LogP contribution < -0.4 is 20.1 Å². The molecule has 2 aromatic rings.